The number of aromatic carboxylic acids is 1. The molecule has 3 aromatic heterocycles. The van der Waals surface area contributed by atoms with Gasteiger partial charge in [0.25, 0.3) is 0 Å². The Labute approximate surface area is 273 Å². The highest BCUT2D eigenvalue weighted by molar-refractivity contribution is 6.09. The molecular formula is C36H38N8O3. The average Bonchev–Trinajstić information content (AvgIpc) is 3.06. The summed E-state index contributed by atoms with van der Waals surface area (Å²) >= 11 is 0. The van der Waals surface area contributed by atoms with Crippen molar-refractivity contribution < 1.29 is 14.7 Å². The van der Waals surface area contributed by atoms with Crippen molar-refractivity contribution >= 4 is 40.0 Å². The Balaban J connectivity index is 0.968. The van der Waals surface area contributed by atoms with Gasteiger partial charge in [-0.05, 0) is 55.2 Å². The van der Waals surface area contributed by atoms with Crippen LogP contribution in [0.4, 0.5) is 5.95 Å². The lowest BCUT2D eigenvalue weighted by Crippen LogP contribution is -2.62. The number of hydrogen-bond acceptors (Lipinski definition) is 9. The third-order valence-electron chi connectivity index (χ3n) is 10.0. The van der Waals surface area contributed by atoms with Crippen molar-refractivity contribution in [3.05, 3.63) is 83.6 Å². The summed E-state index contributed by atoms with van der Waals surface area (Å²) in [6, 6.07) is 12.3. The van der Waals surface area contributed by atoms with E-state index in [-0.39, 0.29) is 11.5 Å². The number of nitrogens with zero attached hydrogens (tertiary/aromatic N) is 7. The first-order valence-corrected chi connectivity index (χ1v) is 16.1. The molecule has 1 aromatic carbocycles. The summed E-state index contributed by atoms with van der Waals surface area (Å²) in [5.74, 6) is 0.320. The van der Waals surface area contributed by atoms with Gasteiger partial charge in [-0.15, -0.1) is 0 Å². The summed E-state index contributed by atoms with van der Waals surface area (Å²) in [5.41, 5.74) is 13.5. The fourth-order valence-corrected chi connectivity index (χ4v) is 7.44. The van der Waals surface area contributed by atoms with Gasteiger partial charge in [0.2, 0.25) is 11.9 Å². The Morgan fingerprint density at radius 3 is 2.51 bits per heavy atom. The molecule has 0 bridgehead atoms. The van der Waals surface area contributed by atoms with Crippen molar-refractivity contribution in [1.29, 1.82) is 0 Å². The lowest BCUT2D eigenvalue weighted by atomic mass is 9.57. The van der Waals surface area contributed by atoms with E-state index in [2.05, 4.69) is 44.1 Å². The Morgan fingerprint density at radius 2 is 1.83 bits per heavy atom. The largest absolute Gasteiger partial charge is 0.478 e. The molecule has 0 unspecified atom stereocenters. The maximum Gasteiger partial charge on any atom is 0.338 e. The predicted octanol–water partition coefficient (Wildman–Crippen LogP) is 4.63. The quantitative estimate of drug-likeness (QED) is 0.298. The van der Waals surface area contributed by atoms with E-state index in [9.17, 15) is 9.59 Å². The van der Waals surface area contributed by atoms with Crippen molar-refractivity contribution in [2.24, 2.45) is 22.1 Å². The molecule has 47 heavy (non-hydrogen) atoms. The summed E-state index contributed by atoms with van der Waals surface area (Å²) in [4.78, 5) is 49.6. The maximum absolute atomic E-state index is 12.1. The highest BCUT2D eigenvalue weighted by Crippen LogP contribution is 2.53. The first-order valence-electron chi connectivity index (χ1n) is 16.1. The van der Waals surface area contributed by atoms with Crippen molar-refractivity contribution in [2.75, 3.05) is 38.1 Å². The number of aromatic nitrogens is 4. The minimum Gasteiger partial charge on any atom is -0.478 e. The van der Waals surface area contributed by atoms with Crippen LogP contribution in [0.15, 0.2) is 71.8 Å². The Kier molecular flexibility index (Phi) is 7.91. The molecule has 2 aliphatic heterocycles. The van der Waals surface area contributed by atoms with Crippen molar-refractivity contribution in [3.8, 4) is 11.3 Å². The molecule has 1 amide bonds. The van der Waals surface area contributed by atoms with Crippen LogP contribution in [0.25, 0.3) is 27.7 Å². The first kappa shape index (κ1) is 30.5. The zero-order chi connectivity index (χ0) is 32.7. The van der Waals surface area contributed by atoms with Gasteiger partial charge in [0.1, 0.15) is 0 Å². The van der Waals surface area contributed by atoms with Gasteiger partial charge in [0.15, 0.2) is 0 Å². The second kappa shape index (κ2) is 12.2. The molecule has 3 aliphatic rings. The van der Waals surface area contributed by atoms with Crippen LogP contribution >= 0.6 is 0 Å². The molecule has 7 rings (SSSR count). The number of piperidine rings is 1. The summed E-state index contributed by atoms with van der Waals surface area (Å²) in [6.07, 6.45) is 11.7. The monoisotopic (exact) mass is 630 g/mol. The SMILES string of the molecule is CN=C1CCN(C(C)=O)C/C1=C(/N)c1cccc2cc(-c3ccc(CCC4CC5(C4)CN(c4ncc(C(=O)O)cn4)C5)nc3)ncc12. The summed E-state index contributed by atoms with van der Waals surface area (Å²) in [5, 5.41) is 11.0. The number of carbonyl (C=O) groups excluding carboxylic acids is 1. The number of fused-ring (bicyclic) bond motifs is 1. The zero-order valence-corrected chi connectivity index (χ0v) is 26.7. The number of pyridine rings is 2. The highest BCUT2D eigenvalue weighted by atomic mass is 16.4. The zero-order valence-electron chi connectivity index (χ0n) is 26.7. The number of aryl methyl sites for hydroxylation is 1. The number of amides is 1. The van der Waals surface area contributed by atoms with Crippen molar-refractivity contribution in [2.45, 2.75) is 39.0 Å². The molecule has 11 heteroatoms. The van der Waals surface area contributed by atoms with Crippen LogP contribution in [0.1, 0.15) is 54.2 Å². The third-order valence-corrected chi connectivity index (χ3v) is 10.0. The van der Waals surface area contributed by atoms with E-state index < -0.39 is 5.97 Å². The van der Waals surface area contributed by atoms with Gasteiger partial charge >= 0.3 is 5.97 Å². The Hall–Kier alpha value is -5.19. The summed E-state index contributed by atoms with van der Waals surface area (Å²) in [7, 11) is 1.78. The standard InChI is InChI=1S/C36H38N8O3/c1-22(45)43-11-10-31(38-2)30(19-43)33(37)28-5-3-4-24-12-32(40-18-29(24)28)25-7-9-27(39-15-25)8-6-23-13-36(14-23)20-44(21-36)35-41-16-26(17-42-35)34(46)47/h3-5,7,9,12,15-18,23H,6,8,10-11,13-14,19-21,37H2,1-2H3,(H,46,47)/b33-30-,38-31?. The summed E-state index contributed by atoms with van der Waals surface area (Å²) < 4.78 is 0. The van der Waals surface area contributed by atoms with Crippen LogP contribution in [0.3, 0.4) is 0 Å². The number of likely N-dealkylation sites (tertiary alicyclic amines) is 1. The predicted molar refractivity (Wildman–Crippen MR) is 181 cm³/mol. The number of benzene rings is 1. The number of aliphatic imine (C=N–C) groups is 1. The Bertz CT molecular complexity index is 1910. The van der Waals surface area contributed by atoms with E-state index in [1.807, 2.05) is 29.4 Å². The van der Waals surface area contributed by atoms with Gasteiger partial charge in [-0.1, -0.05) is 18.2 Å². The molecule has 0 radical (unpaired) electrons. The van der Waals surface area contributed by atoms with Crippen molar-refractivity contribution in [3.63, 3.8) is 0 Å². The maximum atomic E-state index is 12.1. The second-order valence-corrected chi connectivity index (χ2v) is 13.1. The van der Waals surface area contributed by atoms with E-state index in [4.69, 9.17) is 20.8 Å². The van der Waals surface area contributed by atoms with Crippen molar-refractivity contribution in [1.82, 2.24) is 24.8 Å². The number of rotatable bonds is 7. The molecule has 1 spiro atoms. The molecule has 3 fully saturated rings. The van der Waals surface area contributed by atoms with Crippen LogP contribution in [0.5, 0.6) is 0 Å². The van der Waals surface area contributed by atoms with Gasteiger partial charge in [-0.2, -0.15) is 0 Å². The number of hydrogen-bond donors (Lipinski definition) is 2. The lowest BCUT2D eigenvalue weighted by molar-refractivity contribution is -0.128. The molecule has 2 saturated heterocycles. The average molecular weight is 631 g/mol. The van der Waals surface area contributed by atoms with Crippen LogP contribution in [-0.4, -0.2) is 80.8 Å². The topological polar surface area (TPSA) is 151 Å². The first-order chi connectivity index (χ1) is 22.7. The number of carboxylic acid groups (broad SMARTS) is 1. The van der Waals surface area contributed by atoms with Gasteiger partial charge in [0, 0.05) is 116 Å². The van der Waals surface area contributed by atoms with Crippen LogP contribution in [0, 0.1) is 11.3 Å². The van der Waals surface area contributed by atoms with Gasteiger partial charge in [0.05, 0.1) is 11.3 Å². The third kappa shape index (κ3) is 5.93. The smallest absolute Gasteiger partial charge is 0.338 e. The Morgan fingerprint density at radius 1 is 1.04 bits per heavy atom. The van der Waals surface area contributed by atoms with E-state index in [1.165, 1.54) is 25.2 Å². The molecular weight excluding hydrogens is 592 g/mol. The normalized spacial score (nSPS) is 19.5. The second-order valence-electron chi connectivity index (χ2n) is 13.1. The van der Waals surface area contributed by atoms with Crippen LogP contribution in [-0.2, 0) is 11.2 Å². The minimum atomic E-state index is -1.01. The number of nitrogens with two attached hydrogens (primary N) is 1. The van der Waals surface area contributed by atoms with E-state index in [0.29, 0.717) is 42.5 Å². The molecule has 4 aromatic rings. The van der Waals surface area contributed by atoms with Gasteiger partial charge in [-0.3, -0.25) is 19.8 Å². The van der Waals surface area contributed by atoms with Gasteiger partial charge < -0.3 is 20.6 Å². The number of carboxylic acids is 1. The van der Waals surface area contributed by atoms with E-state index in [1.54, 1.807) is 14.0 Å². The van der Waals surface area contributed by atoms with Gasteiger partial charge in [-0.25, -0.2) is 14.8 Å². The number of carbonyl (C=O) groups is 2. The molecule has 3 N–H and O–H groups in total. The highest BCUT2D eigenvalue weighted by Gasteiger charge is 2.52. The summed E-state index contributed by atoms with van der Waals surface area (Å²) in [6.45, 7) is 4.55. The van der Waals surface area contributed by atoms with Crippen LogP contribution in [0.2, 0.25) is 0 Å². The fraction of sp³-hybridized carbons (Fsp3) is 0.361. The number of anilines is 1. The molecule has 11 nitrogen and oxygen atoms in total. The minimum absolute atomic E-state index is 0.0344. The molecule has 0 atom stereocenters. The molecule has 1 aliphatic carbocycles. The molecule has 5 heterocycles. The molecule has 1 saturated carbocycles. The lowest BCUT2D eigenvalue weighted by Gasteiger charge is -2.59. The van der Waals surface area contributed by atoms with E-state index in [0.717, 1.165) is 70.5 Å². The van der Waals surface area contributed by atoms with E-state index >= 15 is 0 Å². The molecule has 240 valence electrons. The fourth-order valence-electron chi connectivity index (χ4n) is 7.44. The van der Waals surface area contributed by atoms with Crippen LogP contribution < -0.4 is 10.6 Å².